The number of ketones is 2. The number of carbonyl (C=O) groups is 3. The molecule has 0 saturated heterocycles. The predicted molar refractivity (Wildman–Crippen MR) is 113 cm³/mol. The summed E-state index contributed by atoms with van der Waals surface area (Å²) in [6.45, 7) is 4.11. The van der Waals surface area contributed by atoms with Crippen LogP contribution in [0.15, 0.2) is 36.5 Å². The Labute approximate surface area is 177 Å². The summed E-state index contributed by atoms with van der Waals surface area (Å²) in [4.78, 5) is 41.6. The highest BCUT2D eigenvalue weighted by Gasteiger charge is 2.42. The number of Topliss-reactive ketones (excluding diaryl/α,β-unsaturated/α-hetero) is 2. The number of hydrogen-bond acceptors (Lipinski definition) is 5. The highest BCUT2D eigenvalue weighted by atomic mass is 127. The number of pyridine rings is 1. The van der Waals surface area contributed by atoms with Crippen molar-refractivity contribution in [1.82, 2.24) is 10.3 Å². The number of carbonyl (C=O) groups excluding carboxylic acids is 3. The SMILES string of the molecule is Cc1cc(OI)cc(C)c1C1C(=O)CC(CCNC(=O)c2ccccn2)C1=O. The molecule has 0 radical (unpaired) electrons. The number of aromatic nitrogens is 1. The minimum Gasteiger partial charge on any atom is -0.428 e. The largest absolute Gasteiger partial charge is 0.428 e. The molecule has 2 unspecified atom stereocenters. The van der Waals surface area contributed by atoms with Crippen molar-refractivity contribution < 1.29 is 17.4 Å². The molecule has 1 aromatic heterocycles. The lowest BCUT2D eigenvalue weighted by Crippen LogP contribution is -2.27. The van der Waals surface area contributed by atoms with Gasteiger partial charge in [0.25, 0.3) is 5.91 Å². The van der Waals surface area contributed by atoms with Crippen LogP contribution in [-0.2, 0) is 9.59 Å². The monoisotopic (exact) mass is 492 g/mol. The average Bonchev–Trinajstić information content (AvgIpc) is 2.96. The molecule has 6 nitrogen and oxygen atoms in total. The van der Waals surface area contributed by atoms with Crippen LogP contribution in [0.25, 0.3) is 0 Å². The van der Waals surface area contributed by atoms with Crippen LogP contribution in [0.1, 0.15) is 45.9 Å². The number of benzene rings is 1. The van der Waals surface area contributed by atoms with E-state index in [0.29, 0.717) is 24.4 Å². The van der Waals surface area contributed by atoms with Gasteiger partial charge < -0.3 is 8.38 Å². The molecule has 3 rings (SSSR count). The van der Waals surface area contributed by atoms with E-state index in [-0.39, 0.29) is 29.8 Å². The van der Waals surface area contributed by atoms with Crippen LogP contribution in [0.3, 0.4) is 0 Å². The lowest BCUT2D eigenvalue weighted by atomic mass is 9.87. The Morgan fingerprint density at radius 1 is 1.25 bits per heavy atom. The standard InChI is InChI=1S/C21H21IN2O4/c1-12-9-15(28-22)10-13(2)18(12)19-17(25)11-14(20(19)26)6-8-24-21(27)16-5-3-4-7-23-16/h3-5,7,9-10,14,19H,6,8,11H2,1-2H3,(H,24,27). The van der Waals surface area contributed by atoms with E-state index in [9.17, 15) is 14.4 Å². The Morgan fingerprint density at radius 3 is 2.57 bits per heavy atom. The van der Waals surface area contributed by atoms with Gasteiger partial charge in [-0.1, -0.05) is 6.07 Å². The maximum absolute atomic E-state index is 12.9. The summed E-state index contributed by atoms with van der Waals surface area (Å²) < 4.78 is 5.24. The van der Waals surface area contributed by atoms with Crippen LogP contribution in [0.4, 0.5) is 0 Å². The maximum Gasteiger partial charge on any atom is 0.269 e. The van der Waals surface area contributed by atoms with Gasteiger partial charge in [0.2, 0.25) is 0 Å². The summed E-state index contributed by atoms with van der Waals surface area (Å²) in [5.41, 5.74) is 2.87. The lowest BCUT2D eigenvalue weighted by Gasteiger charge is -2.16. The third kappa shape index (κ3) is 4.24. The third-order valence-electron chi connectivity index (χ3n) is 5.08. The molecule has 1 aromatic carbocycles. The Balaban J connectivity index is 1.66. The van der Waals surface area contributed by atoms with Gasteiger partial charge in [0.1, 0.15) is 23.1 Å². The summed E-state index contributed by atoms with van der Waals surface area (Å²) >= 11 is 1.81. The molecule has 1 aliphatic rings. The van der Waals surface area contributed by atoms with E-state index in [1.807, 2.05) is 49.0 Å². The molecule has 0 aliphatic heterocycles. The van der Waals surface area contributed by atoms with Crippen LogP contribution >= 0.6 is 23.0 Å². The van der Waals surface area contributed by atoms with Gasteiger partial charge >= 0.3 is 0 Å². The van der Waals surface area contributed by atoms with Crippen molar-refractivity contribution in [3.8, 4) is 5.75 Å². The van der Waals surface area contributed by atoms with Gasteiger partial charge in [-0.05, 0) is 61.2 Å². The van der Waals surface area contributed by atoms with Crippen molar-refractivity contribution in [2.24, 2.45) is 5.92 Å². The second-order valence-corrected chi connectivity index (χ2v) is 7.45. The summed E-state index contributed by atoms with van der Waals surface area (Å²) in [6, 6.07) is 8.79. The number of amides is 1. The zero-order valence-electron chi connectivity index (χ0n) is 15.7. The van der Waals surface area contributed by atoms with E-state index in [1.54, 1.807) is 24.4 Å². The number of nitrogens with one attached hydrogen (secondary N) is 1. The van der Waals surface area contributed by atoms with Crippen molar-refractivity contribution in [1.29, 1.82) is 0 Å². The van der Waals surface area contributed by atoms with Gasteiger partial charge in [0.15, 0.2) is 28.8 Å². The second-order valence-electron chi connectivity index (χ2n) is 7.01. The van der Waals surface area contributed by atoms with Gasteiger partial charge in [0, 0.05) is 25.1 Å². The van der Waals surface area contributed by atoms with Crippen LogP contribution in [-0.4, -0.2) is 29.0 Å². The molecule has 1 aliphatic carbocycles. The first kappa shape index (κ1) is 20.4. The molecule has 1 N–H and O–H groups in total. The number of rotatable bonds is 6. The average molecular weight is 492 g/mol. The number of halogens is 1. The highest BCUT2D eigenvalue weighted by Crippen LogP contribution is 2.38. The molecule has 1 heterocycles. The van der Waals surface area contributed by atoms with Crippen LogP contribution in [0, 0.1) is 19.8 Å². The highest BCUT2D eigenvalue weighted by molar-refractivity contribution is 14.1. The zero-order valence-corrected chi connectivity index (χ0v) is 17.9. The lowest BCUT2D eigenvalue weighted by molar-refractivity contribution is -0.124. The summed E-state index contributed by atoms with van der Waals surface area (Å²) in [5, 5.41) is 2.77. The Morgan fingerprint density at radius 2 is 1.96 bits per heavy atom. The minimum atomic E-state index is -0.722. The fraction of sp³-hybridized carbons (Fsp3) is 0.333. The molecular weight excluding hydrogens is 471 g/mol. The Kier molecular flexibility index (Phi) is 6.43. The second kappa shape index (κ2) is 8.81. The number of hydrogen-bond donors (Lipinski definition) is 1. The Bertz CT molecular complexity index is 891. The molecule has 2 aromatic rings. The molecule has 0 bridgehead atoms. The molecule has 7 heteroatoms. The van der Waals surface area contributed by atoms with E-state index in [0.717, 1.165) is 16.7 Å². The molecule has 146 valence electrons. The van der Waals surface area contributed by atoms with Gasteiger partial charge in [-0.25, -0.2) is 0 Å². The first-order valence-electron chi connectivity index (χ1n) is 9.07. The van der Waals surface area contributed by atoms with Crippen molar-refractivity contribution in [2.45, 2.75) is 32.6 Å². The van der Waals surface area contributed by atoms with Crippen molar-refractivity contribution in [2.75, 3.05) is 6.54 Å². The fourth-order valence-corrected chi connectivity index (χ4v) is 4.04. The number of aryl methyl sites for hydroxylation is 2. The third-order valence-corrected chi connectivity index (χ3v) is 5.59. The van der Waals surface area contributed by atoms with Crippen LogP contribution in [0.2, 0.25) is 0 Å². The van der Waals surface area contributed by atoms with Crippen LogP contribution in [0.5, 0.6) is 5.75 Å². The smallest absolute Gasteiger partial charge is 0.269 e. The van der Waals surface area contributed by atoms with E-state index in [1.165, 1.54) is 0 Å². The first-order valence-corrected chi connectivity index (χ1v) is 9.96. The maximum atomic E-state index is 12.9. The van der Waals surface area contributed by atoms with Crippen LogP contribution < -0.4 is 8.38 Å². The van der Waals surface area contributed by atoms with Gasteiger partial charge in [-0.3, -0.25) is 19.4 Å². The van der Waals surface area contributed by atoms with Crippen molar-refractivity contribution >= 4 is 40.5 Å². The minimum absolute atomic E-state index is 0.0552. The topological polar surface area (TPSA) is 85.4 Å². The first-order chi connectivity index (χ1) is 13.4. The van der Waals surface area contributed by atoms with Gasteiger partial charge in [-0.2, -0.15) is 0 Å². The molecule has 2 atom stereocenters. The molecule has 1 fully saturated rings. The Hall–Kier alpha value is -2.29. The summed E-state index contributed by atoms with van der Waals surface area (Å²) in [5.74, 6) is -0.798. The van der Waals surface area contributed by atoms with Gasteiger partial charge in [0.05, 0.1) is 0 Å². The summed E-state index contributed by atoms with van der Waals surface area (Å²) in [7, 11) is 0. The number of nitrogens with zero attached hydrogens (tertiary/aromatic N) is 1. The molecule has 1 amide bonds. The normalized spacial score (nSPS) is 19.0. The molecule has 1 saturated carbocycles. The van der Waals surface area contributed by atoms with E-state index < -0.39 is 5.92 Å². The zero-order chi connectivity index (χ0) is 20.3. The predicted octanol–water partition coefficient (Wildman–Crippen LogP) is 3.49. The molecule has 0 spiro atoms. The summed E-state index contributed by atoms with van der Waals surface area (Å²) in [6.07, 6.45) is 2.21. The molecule has 28 heavy (non-hydrogen) atoms. The van der Waals surface area contributed by atoms with Crippen molar-refractivity contribution in [3.05, 3.63) is 58.9 Å². The fourth-order valence-electron chi connectivity index (χ4n) is 3.79. The van der Waals surface area contributed by atoms with Crippen molar-refractivity contribution in [3.63, 3.8) is 0 Å². The van der Waals surface area contributed by atoms with Gasteiger partial charge in [-0.15, -0.1) is 0 Å². The van der Waals surface area contributed by atoms with E-state index >= 15 is 0 Å². The molecular formula is C21H21IN2O4. The van der Waals surface area contributed by atoms with E-state index in [2.05, 4.69) is 10.3 Å². The van der Waals surface area contributed by atoms with E-state index in [4.69, 9.17) is 3.07 Å². The quantitative estimate of drug-likeness (QED) is 0.493.